The number of nitrogens with zero attached hydrogens (tertiary/aromatic N) is 4. The summed E-state index contributed by atoms with van der Waals surface area (Å²) in [6.07, 6.45) is 3.51. The molecule has 0 radical (unpaired) electrons. The fourth-order valence-corrected chi connectivity index (χ4v) is 3.72. The summed E-state index contributed by atoms with van der Waals surface area (Å²) in [7, 11) is 1.65. The van der Waals surface area contributed by atoms with Gasteiger partial charge in [0.05, 0.1) is 31.6 Å². The van der Waals surface area contributed by atoms with Crippen molar-refractivity contribution in [1.29, 1.82) is 0 Å². The lowest BCUT2D eigenvalue weighted by Gasteiger charge is -2.15. The maximum absolute atomic E-state index is 11.9. The smallest absolute Gasteiger partial charge is 0.227 e. The second kappa shape index (κ2) is 10.7. The Kier molecular flexibility index (Phi) is 7.24. The second-order valence-electron chi connectivity index (χ2n) is 7.81. The number of aromatic nitrogens is 2. The molecular weight excluding hydrogens is 416 g/mol. The van der Waals surface area contributed by atoms with E-state index in [-0.39, 0.29) is 5.91 Å². The summed E-state index contributed by atoms with van der Waals surface area (Å²) in [4.78, 5) is 18.5. The molecule has 2 heterocycles. The highest BCUT2D eigenvalue weighted by atomic mass is 16.5. The molecule has 1 saturated heterocycles. The Hall–Kier alpha value is -3.81. The number of ether oxygens (including phenoxy) is 1. The first kappa shape index (κ1) is 22.4. The number of carbonyl (C=O) groups excluding carboxylic acids is 1. The molecule has 0 bridgehead atoms. The van der Waals surface area contributed by atoms with Crippen LogP contribution in [0.2, 0.25) is 0 Å². The maximum atomic E-state index is 11.9. The van der Waals surface area contributed by atoms with Crippen molar-refractivity contribution in [2.45, 2.75) is 32.9 Å². The zero-order chi connectivity index (χ0) is 23.0. The van der Waals surface area contributed by atoms with Gasteiger partial charge in [-0.3, -0.25) is 4.79 Å². The van der Waals surface area contributed by atoms with Gasteiger partial charge in [-0.15, -0.1) is 0 Å². The average molecular weight is 447 g/mol. The summed E-state index contributed by atoms with van der Waals surface area (Å²) in [5.41, 5.74) is 3.94. The predicted molar refractivity (Wildman–Crippen MR) is 130 cm³/mol. The summed E-state index contributed by atoms with van der Waals surface area (Å²) in [6, 6.07) is 17.8. The molecule has 0 spiro atoms. The Morgan fingerprint density at radius 3 is 2.48 bits per heavy atom. The number of carbonyl (C=O) groups is 1. The molecule has 8 heteroatoms. The van der Waals surface area contributed by atoms with Crippen molar-refractivity contribution in [3.8, 4) is 11.4 Å². The first-order chi connectivity index (χ1) is 16.2. The van der Waals surface area contributed by atoms with E-state index in [9.17, 15) is 4.79 Å². The minimum absolute atomic E-state index is 0.203. The normalized spacial score (nSPS) is 13.9. The van der Waals surface area contributed by atoms with Gasteiger partial charge in [-0.2, -0.15) is 5.10 Å². The molecule has 8 nitrogen and oxygen atoms in total. The van der Waals surface area contributed by atoms with Gasteiger partial charge < -0.3 is 20.3 Å². The molecule has 2 aromatic carbocycles. The van der Waals surface area contributed by atoms with Crippen LogP contribution in [0.3, 0.4) is 0 Å². The zero-order valence-corrected chi connectivity index (χ0v) is 19.1. The maximum Gasteiger partial charge on any atom is 0.227 e. The minimum atomic E-state index is 0.203. The van der Waals surface area contributed by atoms with Gasteiger partial charge in [-0.05, 0) is 61.4 Å². The Bertz CT molecular complexity index is 1090. The second-order valence-corrected chi connectivity index (χ2v) is 7.81. The molecule has 1 fully saturated rings. The molecular formula is C25H30N6O2. The third kappa shape index (κ3) is 5.71. The summed E-state index contributed by atoms with van der Waals surface area (Å²) < 4.78 is 7.05. The summed E-state index contributed by atoms with van der Waals surface area (Å²) >= 11 is 0. The van der Waals surface area contributed by atoms with Gasteiger partial charge >= 0.3 is 0 Å². The van der Waals surface area contributed by atoms with E-state index in [2.05, 4.69) is 15.7 Å². The van der Waals surface area contributed by atoms with Crippen LogP contribution in [0.5, 0.6) is 5.75 Å². The van der Waals surface area contributed by atoms with Crippen LogP contribution in [0.25, 0.3) is 5.69 Å². The number of aliphatic imine (C=N–C) groups is 1. The number of hydrogen-bond acceptors (Lipinski definition) is 4. The van der Waals surface area contributed by atoms with Crippen LogP contribution in [-0.4, -0.2) is 41.8 Å². The quantitative estimate of drug-likeness (QED) is 0.410. The minimum Gasteiger partial charge on any atom is -0.497 e. The van der Waals surface area contributed by atoms with Crippen LogP contribution >= 0.6 is 0 Å². The van der Waals surface area contributed by atoms with Gasteiger partial charge in [0.25, 0.3) is 0 Å². The number of anilines is 1. The standard InChI is InChI=1S/C25H30N6O2/c1-3-26-25(27-17-19-6-8-21(9-7-19)30-15-4-5-24(30)32)28-18-20-14-16-31(29-20)22-10-12-23(33-2)13-11-22/h6-14,16H,3-5,15,17-18H2,1-2H3,(H2,26,27,28). The molecule has 33 heavy (non-hydrogen) atoms. The van der Waals surface area contributed by atoms with Gasteiger partial charge in [-0.25, -0.2) is 9.67 Å². The van der Waals surface area contributed by atoms with Crippen LogP contribution in [-0.2, 0) is 17.9 Å². The van der Waals surface area contributed by atoms with E-state index >= 15 is 0 Å². The molecule has 1 aliphatic rings. The van der Waals surface area contributed by atoms with Crippen molar-refractivity contribution in [2.75, 3.05) is 25.1 Å². The van der Waals surface area contributed by atoms with Crippen molar-refractivity contribution in [3.05, 3.63) is 72.1 Å². The van der Waals surface area contributed by atoms with Crippen LogP contribution in [0.4, 0.5) is 5.69 Å². The Balaban J connectivity index is 1.34. The number of methoxy groups -OCH3 is 1. The lowest BCUT2D eigenvalue weighted by atomic mass is 10.2. The van der Waals surface area contributed by atoms with Gasteiger partial charge in [0.1, 0.15) is 5.75 Å². The summed E-state index contributed by atoms with van der Waals surface area (Å²) in [6.45, 7) is 4.72. The van der Waals surface area contributed by atoms with E-state index in [1.807, 2.05) is 77.3 Å². The Morgan fingerprint density at radius 1 is 1.06 bits per heavy atom. The third-order valence-corrected chi connectivity index (χ3v) is 5.50. The van der Waals surface area contributed by atoms with Crippen molar-refractivity contribution >= 4 is 17.6 Å². The van der Waals surface area contributed by atoms with Gasteiger partial charge in [0.15, 0.2) is 5.96 Å². The van der Waals surface area contributed by atoms with E-state index in [1.54, 1.807) is 7.11 Å². The molecule has 0 atom stereocenters. The summed E-state index contributed by atoms with van der Waals surface area (Å²) in [5.74, 6) is 1.75. The Labute approximate surface area is 194 Å². The largest absolute Gasteiger partial charge is 0.497 e. The Morgan fingerprint density at radius 2 is 1.82 bits per heavy atom. The predicted octanol–water partition coefficient (Wildman–Crippen LogP) is 3.26. The highest BCUT2D eigenvalue weighted by molar-refractivity contribution is 5.95. The lowest BCUT2D eigenvalue weighted by Crippen LogP contribution is -2.36. The lowest BCUT2D eigenvalue weighted by molar-refractivity contribution is -0.117. The topological polar surface area (TPSA) is 83.8 Å². The molecule has 1 amide bonds. The fourth-order valence-electron chi connectivity index (χ4n) is 3.72. The van der Waals surface area contributed by atoms with Crippen LogP contribution in [0.1, 0.15) is 31.0 Å². The SMILES string of the molecule is CCNC(=NCc1ccc(N2CCCC2=O)cc1)NCc1ccn(-c2ccc(OC)cc2)n1. The van der Waals surface area contributed by atoms with E-state index in [1.165, 1.54) is 0 Å². The first-order valence-corrected chi connectivity index (χ1v) is 11.3. The first-order valence-electron chi connectivity index (χ1n) is 11.3. The van der Waals surface area contributed by atoms with Crippen LogP contribution < -0.4 is 20.3 Å². The molecule has 0 aliphatic carbocycles. The molecule has 0 unspecified atom stereocenters. The number of hydrogen-bond donors (Lipinski definition) is 2. The van der Waals surface area contributed by atoms with Gasteiger partial charge in [0.2, 0.25) is 5.91 Å². The highest BCUT2D eigenvalue weighted by Crippen LogP contribution is 2.21. The molecule has 4 rings (SSSR count). The number of amides is 1. The monoisotopic (exact) mass is 446 g/mol. The van der Waals surface area contributed by atoms with Crippen LogP contribution in [0.15, 0.2) is 65.8 Å². The van der Waals surface area contributed by atoms with E-state index in [0.717, 1.165) is 53.9 Å². The van der Waals surface area contributed by atoms with E-state index < -0.39 is 0 Å². The number of nitrogens with one attached hydrogen (secondary N) is 2. The average Bonchev–Trinajstić information content (AvgIpc) is 3.50. The summed E-state index contributed by atoms with van der Waals surface area (Å²) in [5, 5.41) is 11.3. The molecule has 1 aliphatic heterocycles. The fraction of sp³-hybridized carbons (Fsp3) is 0.320. The number of guanidine groups is 1. The zero-order valence-electron chi connectivity index (χ0n) is 19.1. The molecule has 1 aromatic heterocycles. The van der Waals surface area contributed by atoms with Crippen LogP contribution in [0, 0.1) is 0 Å². The number of rotatable bonds is 8. The molecule has 2 N–H and O–H groups in total. The third-order valence-electron chi connectivity index (χ3n) is 5.50. The molecule has 0 saturated carbocycles. The van der Waals surface area contributed by atoms with E-state index in [0.29, 0.717) is 19.5 Å². The van der Waals surface area contributed by atoms with Crippen molar-refractivity contribution in [1.82, 2.24) is 20.4 Å². The molecule has 3 aromatic rings. The van der Waals surface area contributed by atoms with Crippen molar-refractivity contribution in [2.24, 2.45) is 4.99 Å². The van der Waals surface area contributed by atoms with Crippen molar-refractivity contribution < 1.29 is 9.53 Å². The van der Waals surface area contributed by atoms with Crippen molar-refractivity contribution in [3.63, 3.8) is 0 Å². The number of benzene rings is 2. The van der Waals surface area contributed by atoms with Gasteiger partial charge in [0, 0.05) is 31.4 Å². The highest BCUT2D eigenvalue weighted by Gasteiger charge is 2.21. The molecule has 172 valence electrons. The van der Waals surface area contributed by atoms with E-state index in [4.69, 9.17) is 9.73 Å². The van der Waals surface area contributed by atoms with Gasteiger partial charge in [-0.1, -0.05) is 12.1 Å².